The zero-order valence-electron chi connectivity index (χ0n) is 26.3. The second-order valence-corrected chi connectivity index (χ2v) is 11.8. The number of ether oxygens (including phenoxy) is 1. The number of fused-ring (bicyclic) bond motifs is 1. The predicted octanol–water partition coefficient (Wildman–Crippen LogP) is -0.794. The molecule has 0 saturated carbocycles. The first-order valence-corrected chi connectivity index (χ1v) is 14.8. The van der Waals surface area contributed by atoms with Crippen LogP contribution in [0.15, 0.2) is 65.5 Å². The maximum absolute atomic E-state index is 12.6. The number of anilines is 2. The van der Waals surface area contributed by atoms with Crippen LogP contribution in [0.5, 0.6) is 0 Å². The van der Waals surface area contributed by atoms with E-state index in [1.165, 1.54) is 6.08 Å². The number of aliphatic hydroxyl groups excluding tert-OH is 4. The number of nitrogens with zero attached hydrogens (tertiary/aromatic N) is 2. The maximum atomic E-state index is 12.6. The van der Waals surface area contributed by atoms with Crippen LogP contribution in [0, 0.1) is 10.1 Å². The number of amides is 3. The normalized spacial score (nSPS) is 26.2. The first-order chi connectivity index (χ1) is 22.6. The van der Waals surface area contributed by atoms with Crippen molar-refractivity contribution < 1.29 is 54.1 Å². The van der Waals surface area contributed by atoms with Gasteiger partial charge in [0, 0.05) is 60.1 Å². The van der Waals surface area contributed by atoms with E-state index in [-0.39, 0.29) is 29.9 Å². The molecule has 3 aliphatic rings. The standard InChI is InChI=1S/C31H37N5O12/c1-31(2)19-13-17(5-7-20(19)35(3)23(31)9-4-16-12-18(36(45)46)6-8-21(16)38)33-25(40)11-10-24(39)32-14-26(41)34-48-30-29(44)28(43)27(42)22(15-37)47-30/h4-9,12-13,22,27-30,37,42-44H,10-11,14-15H2,1-3H3,(H,32,39)(H,33,40)(H,34,41)/b16-4-,23-9-/t22-,27+,28+,29-,30+/m1/s1. The second-order valence-electron chi connectivity index (χ2n) is 11.8. The van der Waals surface area contributed by atoms with Crippen LogP contribution in [0.25, 0.3) is 0 Å². The van der Waals surface area contributed by atoms with E-state index >= 15 is 0 Å². The summed E-state index contributed by atoms with van der Waals surface area (Å²) >= 11 is 0. The molecule has 1 saturated heterocycles. The smallest absolute Gasteiger partial charge is 0.270 e. The van der Waals surface area contributed by atoms with E-state index < -0.39 is 71.9 Å². The van der Waals surface area contributed by atoms with Crippen molar-refractivity contribution in [3.63, 3.8) is 0 Å². The highest BCUT2D eigenvalue weighted by Gasteiger charge is 2.44. The number of nitrogens with one attached hydrogen (secondary N) is 3. The van der Waals surface area contributed by atoms with Gasteiger partial charge in [-0.2, -0.15) is 0 Å². The Balaban J connectivity index is 1.27. The zero-order valence-corrected chi connectivity index (χ0v) is 26.3. The number of carbonyl (C=O) groups excluding carboxylic acids is 4. The number of allylic oxidation sites excluding steroid dienone is 7. The Hall–Kier alpha value is -4.78. The minimum absolute atomic E-state index is 0.177. The van der Waals surface area contributed by atoms with Crippen molar-refractivity contribution in [2.24, 2.45) is 0 Å². The van der Waals surface area contributed by atoms with Crippen molar-refractivity contribution in [2.45, 2.75) is 62.8 Å². The van der Waals surface area contributed by atoms with E-state index in [9.17, 15) is 49.7 Å². The molecule has 2 heterocycles. The summed E-state index contributed by atoms with van der Waals surface area (Å²) in [4.78, 5) is 66.6. The monoisotopic (exact) mass is 671 g/mol. The Morgan fingerprint density at radius 3 is 2.46 bits per heavy atom. The van der Waals surface area contributed by atoms with Gasteiger partial charge in [-0.3, -0.25) is 29.3 Å². The Morgan fingerprint density at radius 1 is 1.06 bits per heavy atom. The summed E-state index contributed by atoms with van der Waals surface area (Å²) in [5, 5.41) is 54.9. The molecule has 2 aliphatic heterocycles. The lowest BCUT2D eigenvalue weighted by atomic mass is 9.83. The van der Waals surface area contributed by atoms with Crippen molar-refractivity contribution in [3.05, 3.63) is 81.2 Å². The van der Waals surface area contributed by atoms with Gasteiger partial charge in [-0.15, -0.1) is 0 Å². The number of hydroxylamine groups is 1. The van der Waals surface area contributed by atoms with Crippen LogP contribution < -0.4 is 21.0 Å². The number of nitro groups is 1. The van der Waals surface area contributed by atoms with Gasteiger partial charge in [0.05, 0.1) is 18.1 Å². The van der Waals surface area contributed by atoms with Gasteiger partial charge in [-0.1, -0.05) is 13.8 Å². The molecule has 0 spiro atoms. The molecule has 1 aromatic rings. The van der Waals surface area contributed by atoms with Crippen LogP contribution in [-0.2, 0) is 34.2 Å². The molecule has 17 heteroatoms. The molecule has 0 unspecified atom stereocenters. The lowest BCUT2D eigenvalue weighted by molar-refractivity contribution is -0.419. The predicted molar refractivity (Wildman–Crippen MR) is 167 cm³/mol. The highest BCUT2D eigenvalue weighted by atomic mass is 16.8. The number of hydrogen-bond donors (Lipinski definition) is 7. The Morgan fingerprint density at radius 2 is 1.77 bits per heavy atom. The molecule has 0 radical (unpaired) electrons. The fraction of sp³-hybridized carbons (Fsp3) is 0.419. The highest BCUT2D eigenvalue weighted by molar-refractivity contribution is 6.07. The molecule has 1 fully saturated rings. The Kier molecular flexibility index (Phi) is 11.2. The largest absolute Gasteiger partial charge is 0.394 e. The van der Waals surface area contributed by atoms with Gasteiger partial charge in [-0.05, 0) is 42.0 Å². The first kappa shape index (κ1) is 36.1. The van der Waals surface area contributed by atoms with Gasteiger partial charge in [0.15, 0.2) is 5.78 Å². The number of benzene rings is 1. The van der Waals surface area contributed by atoms with Crippen molar-refractivity contribution in [3.8, 4) is 0 Å². The third-order valence-electron chi connectivity index (χ3n) is 8.10. The molecule has 5 atom stereocenters. The quantitative estimate of drug-likeness (QED) is 0.0866. The molecule has 4 rings (SSSR count). The molecule has 1 aliphatic carbocycles. The summed E-state index contributed by atoms with van der Waals surface area (Å²) in [6.07, 6.45) is -1.49. The van der Waals surface area contributed by atoms with E-state index in [0.717, 1.165) is 29.1 Å². The SMILES string of the molecule is CN1/C(=C\C=C2\C=C([N+](=O)[O-])C=CC2=O)C(C)(C)c2cc(NC(=O)CCC(=O)NCC(=O)NO[C@@H]3O[C@H](CO)[C@H](O)[C@H](O)[C@H]3O)ccc21. The molecule has 258 valence electrons. The lowest BCUT2D eigenvalue weighted by Gasteiger charge is -2.39. The van der Waals surface area contributed by atoms with Crippen molar-refractivity contribution in [2.75, 3.05) is 30.4 Å². The van der Waals surface area contributed by atoms with Gasteiger partial charge in [0.2, 0.25) is 18.1 Å². The van der Waals surface area contributed by atoms with Gasteiger partial charge in [0.25, 0.3) is 11.6 Å². The van der Waals surface area contributed by atoms with Crippen LogP contribution in [-0.4, -0.2) is 99.8 Å². The van der Waals surface area contributed by atoms with Crippen LogP contribution in [0.4, 0.5) is 11.4 Å². The van der Waals surface area contributed by atoms with Gasteiger partial charge in [0.1, 0.15) is 24.4 Å². The summed E-state index contributed by atoms with van der Waals surface area (Å²) in [6, 6.07) is 5.32. The fourth-order valence-corrected chi connectivity index (χ4v) is 5.40. The second kappa shape index (κ2) is 15.0. The van der Waals surface area contributed by atoms with Gasteiger partial charge >= 0.3 is 0 Å². The van der Waals surface area contributed by atoms with Crippen LogP contribution in [0.3, 0.4) is 0 Å². The van der Waals surface area contributed by atoms with Crippen molar-refractivity contribution in [1.82, 2.24) is 10.8 Å². The Bertz CT molecular complexity index is 1600. The van der Waals surface area contributed by atoms with Crippen LogP contribution in [0.2, 0.25) is 0 Å². The van der Waals surface area contributed by atoms with Gasteiger partial charge in [-0.25, -0.2) is 10.3 Å². The molecule has 1 aromatic carbocycles. The number of aliphatic hydroxyl groups is 4. The molecular formula is C31H37N5O12. The average molecular weight is 672 g/mol. The average Bonchev–Trinajstić information content (AvgIpc) is 3.24. The van der Waals surface area contributed by atoms with Crippen LogP contribution >= 0.6 is 0 Å². The van der Waals surface area contributed by atoms with Crippen molar-refractivity contribution in [1.29, 1.82) is 0 Å². The van der Waals surface area contributed by atoms with E-state index in [1.807, 2.05) is 37.3 Å². The minimum Gasteiger partial charge on any atom is -0.394 e. The maximum Gasteiger partial charge on any atom is 0.270 e. The molecule has 3 amide bonds. The summed E-state index contributed by atoms with van der Waals surface area (Å²) in [7, 11) is 1.84. The van der Waals surface area contributed by atoms with E-state index in [1.54, 1.807) is 24.3 Å². The molecule has 7 N–H and O–H groups in total. The molecule has 0 aromatic heterocycles. The molecule has 0 bridgehead atoms. The summed E-state index contributed by atoms with van der Waals surface area (Å²) in [6.45, 7) is 2.69. The number of likely N-dealkylation sites (N-methyl/N-ethyl adjacent to an activating group) is 1. The highest BCUT2D eigenvalue weighted by Crippen LogP contribution is 2.47. The van der Waals surface area contributed by atoms with Crippen molar-refractivity contribution >= 4 is 34.9 Å². The molecule has 17 nitrogen and oxygen atoms in total. The fourth-order valence-electron chi connectivity index (χ4n) is 5.40. The summed E-state index contributed by atoms with van der Waals surface area (Å²) < 4.78 is 5.09. The van der Waals surface area contributed by atoms with Gasteiger partial charge < -0.3 is 40.7 Å². The summed E-state index contributed by atoms with van der Waals surface area (Å²) in [5.41, 5.74) is 4.37. The van der Waals surface area contributed by atoms with E-state index in [2.05, 4.69) is 10.6 Å². The number of rotatable bonds is 11. The first-order valence-electron chi connectivity index (χ1n) is 14.8. The van der Waals surface area contributed by atoms with E-state index in [0.29, 0.717) is 5.69 Å². The Labute approximate surface area is 274 Å². The van der Waals surface area contributed by atoms with E-state index in [4.69, 9.17) is 9.57 Å². The number of ketones is 1. The third kappa shape index (κ3) is 8.01. The zero-order chi connectivity index (χ0) is 35.3. The third-order valence-corrected chi connectivity index (χ3v) is 8.10. The lowest BCUT2D eigenvalue weighted by Crippen LogP contribution is -2.60. The molecule has 48 heavy (non-hydrogen) atoms. The summed E-state index contributed by atoms with van der Waals surface area (Å²) in [5.74, 6) is -2.26. The minimum atomic E-state index is -1.73. The number of carbonyl (C=O) groups is 4. The van der Waals surface area contributed by atoms with Crippen LogP contribution in [0.1, 0.15) is 32.3 Å². The number of hydrogen-bond acceptors (Lipinski definition) is 13. The molecular weight excluding hydrogens is 634 g/mol. The topological polar surface area (TPSA) is 250 Å².